The summed E-state index contributed by atoms with van der Waals surface area (Å²) >= 11 is 0. The Bertz CT molecular complexity index is 549. The molecule has 1 rings (SSSR count). The lowest BCUT2D eigenvalue weighted by molar-refractivity contribution is 0.431. The van der Waals surface area contributed by atoms with Crippen LogP contribution in [0.3, 0.4) is 0 Å². The van der Waals surface area contributed by atoms with Gasteiger partial charge in [-0.05, 0) is 57.1 Å². The van der Waals surface area contributed by atoms with Crippen LogP contribution < -0.4 is 0 Å². The Morgan fingerprint density at radius 2 is 1.62 bits per heavy atom. The van der Waals surface area contributed by atoms with Gasteiger partial charge in [0.15, 0.2) is 0 Å². The van der Waals surface area contributed by atoms with Crippen molar-refractivity contribution in [3.05, 3.63) is 11.4 Å². The van der Waals surface area contributed by atoms with Crippen molar-refractivity contribution in [2.75, 3.05) is 24.1 Å². The Balaban J connectivity index is 3.08. The molecule has 0 bridgehead atoms. The van der Waals surface area contributed by atoms with E-state index in [0.29, 0.717) is 5.92 Å². The average molecular weight is 390 g/mol. The monoisotopic (exact) mass is 390 g/mol. The topological polar surface area (TPSA) is 0 Å². The molecule has 0 radical (unpaired) electrons. The molecule has 2 unspecified atom stereocenters. The molecule has 0 spiro atoms. The van der Waals surface area contributed by atoms with E-state index in [1.165, 1.54) is 24.1 Å². The van der Waals surface area contributed by atoms with Gasteiger partial charge in [-0.3, -0.25) is 0 Å². The molecule has 0 aliphatic heterocycles. The molecule has 0 aromatic heterocycles. The summed E-state index contributed by atoms with van der Waals surface area (Å²) in [7, 11) is -0.359. The second-order valence-corrected chi connectivity index (χ2v) is 18.0. The molecule has 1 aliphatic carbocycles. The molecule has 0 amide bonds. The van der Waals surface area contributed by atoms with Crippen molar-refractivity contribution in [2.45, 2.75) is 59.5 Å². The molecule has 0 saturated carbocycles. The first kappa shape index (κ1) is 22.4. The van der Waals surface area contributed by atoms with Crippen LogP contribution in [0.5, 0.6) is 0 Å². The van der Waals surface area contributed by atoms with E-state index in [0.717, 1.165) is 18.4 Å². The van der Waals surface area contributed by atoms with Crippen molar-refractivity contribution in [1.82, 2.24) is 0 Å². The van der Waals surface area contributed by atoms with E-state index >= 15 is 0 Å². The van der Waals surface area contributed by atoms with E-state index in [1.807, 2.05) is 13.8 Å². The van der Waals surface area contributed by atoms with Crippen molar-refractivity contribution in [3.63, 3.8) is 0 Å². The zero-order chi connectivity index (χ0) is 18.7. The lowest BCUT2D eigenvalue weighted by Gasteiger charge is -2.39. The molecule has 0 nitrogen and oxygen atoms in total. The lowest BCUT2D eigenvalue weighted by Crippen LogP contribution is -2.27. The summed E-state index contributed by atoms with van der Waals surface area (Å²) in [6.07, 6.45) is 18.1. The summed E-state index contributed by atoms with van der Waals surface area (Å²) in [5.41, 5.74) is 1.00. The molecule has 138 valence electrons. The van der Waals surface area contributed by atoms with Crippen LogP contribution >= 0.6 is 22.0 Å². The first-order valence-electron chi connectivity index (χ1n) is 9.16. The van der Waals surface area contributed by atoms with E-state index < -0.39 is 6.89 Å². The van der Waals surface area contributed by atoms with Crippen LogP contribution in [-0.4, -0.2) is 48.2 Å². The molecule has 24 heavy (non-hydrogen) atoms. The van der Waals surface area contributed by atoms with Gasteiger partial charge in [0.1, 0.15) is 30.0 Å². The van der Waals surface area contributed by atoms with Gasteiger partial charge < -0.3 is 0 Å². The van der Waals surface area contributed by atoms with Gasteiger partial charge in [0, 0.05) is 5.92 Å². The molecule has 0 fully saturated rings. The van der Waals surface area contributed by atoms with Crippen LogP contribution in [0.15, 0.2) is 11.4 Å². The lowest BCUT2D eigenvalue weighted by atomic mass is 9.90. The largest absolute Gasteiger partial charge is 0.212 e. The summed E-state index contributed by atoms with van der Waals surface area (Å²) < 4.78 is 14.2. The highest BCUT2D eigenvalue weighted by Gasteiger charge is 2.43. The van der Waals surface area contributed by atoms with Crippen molar-refractivity contribution in [3.8, 4) is 0 Å². The maximum atomic E-state index is 14.2. The van der Waals surface area contributed by atoms with Gasteiger partial charge in [0.25, 0.3) is 0 Å². The third-order valence-electron chi connectivity index (χ3n) is 5.93. The molecule has 4 heteroatoms. The number of hydrogen-bond acceptors (Lipinski definition) is 0. The number of halogens is 1. The third kappa shape index (κ3) is 5.16. The van der Waals surface area contributed by atoms with Gasteiger partial charge >= 0.3 is 0 Å². The zero-order valence-electron chi connectivity index (χ0n) is 16.7. The van der Waals surface area contributed by atoms with Crippen LogP contribution in [0.1, 0.15) is 54.4 Å². The van der Waals surface area contributed by atoms with Gasteiger partial charge in [0.05, 0.1) is 27.7 Å². The molecule has 4 atom stereocenters. The van der Waals surface area contributed by atoms with Crippen LogP contribution in [0.4, 0.5) is 4.39 Å². The van der Waals surface area contributed by atoms with Crippen LogP contribution in [0.25, 0.3) is 0 Å². The molecule has 0 saturated heterocycles. The summed E-state index contributed by atoms with van der Waals surface area (Å²) in [5.74, 6) is 3.07. The highest BCUT2D eigenvalue weighted by Crippen LogP contribution is 2.67. The van der Waals surface area contributed by atoms with Crippen LogP contribution in [0.2, 0.25) is 0 Å². The van der Waals surface area contributed by atoms with Gasteiger partial charge in [-0.25, -0.2) is 4.39 Å². The Morgan fingerprint density at radius 3 is 1.96 bits per heavy atom. The van der Waals surface area contributed by atoms with Crippen LogP contribution in [-0.2, 0) is 0 Å². The maximum absolute atomic E-state index is 14.2. The summed E-state index contributed by atoms with van der Waals surface area (Å²) in [6, 6.07) is 0. The van der Waals surface area contributed by atoms with Gasteiger partial charge in [-0.2, -0.15) is 0 Å². The van der Waals surface area contributed by atoms with Gasteiger partial charge in [0.2, 0.25) is 0 Å². The summed E-state index contributed by atoms with van der Waals surface area (Å²) in [5, 5.41) is 0.185. The number of rotatable bonds is 9. The van der Waals surface area contributed by atoms with Crippen molar-refractivity contribution in [1.29, 1.82) is 0 Å². The van der Waals surface area contributed by atoms with Crippen LogP contribution in [0, 0.1) is 11.8 Å². The minimum absolute atomic E-state index is 0.101. The minimum atomic E-state index is -1.40. The molecule has 0 aromatic carbocycles. The standard InChI is InChI=1S/C20H38FP3/c1-10-22(7)14-24(9,15-23(8)11-2)20(5,6)13-18-12-16(3)19(21)17(18)4/h16,18H,7-15H2,1-6H3/q+2/t16-,18-/m1/s1. The normalized spacial score (nSPS) is 25.6. The quantitative estimate of drug-likeness (QED) is 0.363. The van der Waals surface area contributed by atoms with Crippen molar-refractivity contribution >= 4 is 40.9 Å². The van der Waals surface area contributed by atoms with E-state index in [-0.39, 0.29) is 32.0 Å². The fourth-order valence-corrected chi connectivity index (χ4v) is 16.3. The predicted octanol–water partition coefficient (Wildman–Crippen LogP) is 7.29. The summed E-state index contributed by atoms with van der Waals surface area (Å²) in [6.45, 7) is 11.9. The molecular weight excluding hydrogens is 352 g/mol. The Kier molecular flexibility index (Phi) is 8.20. The Labute approximate surface area is 152 Å². The molecule has 0 aromatic rings. The van der Waals surface area contributed by atoms with E-state index in [1.54, 1.807) is 0 Å². The van der Waals surface area contributed by atoms with E-state index in [4.69, 9.17) is 6.30 Å². The number of allylic oxidation sites excluding steroid dienone is 2. The first-order chi connectivity index (χ1) is 11.0. The van der Waals surface area contributed by atoms with Crippen molar-refractivity contribution in [2.24, 2.45) is 11.8 Å². The second kappa shape index (κ2) is 8.80. The minimum Gasteiger partial charge on any atom is -0.212 e. The SMILES string of the molecule is C=[P+](CC)CP(=C)(C[P+](=C)CC)C(C)(C)C[C@H]1C[C@@H](C)C(F)=C1C. The first-order valence-corrected chi connectivity index (χ1v) is 15.3. The molecular formula is C20H38FP3+2. The zero-order valence-corrected chi connectivity index (χ0v) is 19.4. The van der Waals surface area contributed by atoms with Crippen molar-refractivity contribution < 1.29 is 4.39 Å². The molecule has 0 N–H and O–H groups in total. The average Bonchev–Trinajstić information content (AvgIpc) is 2.73. The Morgan fingerprint density at radius 1 is 1.17 bits per heavy atom. The smallest absolute Gasteiger partial charge is 0.127 e. The van der Waals surface area contributed by atoms with Gasteiger partial charge in [-0.1, -0.05) is 27.1 Å². The fourth-order valence-electron chi connectivity index (χ4n) is 3.72. The maximum Gasteiger partial charge on any atom is 0.127 e. The van der Waals surface area contributed by atoms with Gasteiger partial charge in [-0.15, -0.1) is 0 Å². The predicted molar refractivity (Wildman–Crippen MR) is 123 cm³/mol. The summed E-state index contributed by atoms with van der Waals surface area (Å²) in [4.78, 5) is 0. The Hall–Kier alpha value is 0.310. The fraction of sp³-hybridized carbons (Fsp3) is 0.750. The third-order valence-corrected chi connectivity index (χ3v) is 18.0. The van der Waals surface area contributed by atoms with E-state index in [2.05, 4.69) is 40.3 Å². The second-order valence-electron chi connectivity index (χ2n) is 8.28. The highest BCUT2D eigenvalue weighted by molar-refractivity contribution is 7.89. The molecule has 1 aliphatic rings. The van der Waals surface area contributed by atoms with E-state index in [9.17, 15) is 4.39 Å². The highest BCUT2D eigenvalue weighted by atomic mass is 31.2. The number of hydrogen-bond donors (Lipinski definition) is 0. The molecule has 0 heterocycles.